The number of aromatic nitrogens is 2. The molecule has 1 aromatic carbocycles. The monoisotopic (exact) mass is 409 g/mol. The fourth-order valence-corrected chi connectivity index (χ4v) is 4.10. The Morgan fingerprint density at radius 1 is 1.13 bits per heavy atom. The maximum Gasteiger partial charge on any atom is 0.227 e. The van der Waals surface area contributed by atoms with Crippen molar-refractivity contribution in [2.45, 2.75) is 19.4 Å². The number of piperazine rings is 1. The highest BCUT2D eigenvalue weighted by molar-refractivity contribution is 5.84. The lowest BCUT2D eigenvalue weighted by Crippen LogP contribution is -2.53. The first-order chi connectivity index (χ1) is 14.6. The van der Waals surface area contributed by atoms with E-state index in [4.69, 9.17) is 4.74 Å². The van der Waals surface area contributed by atoms with Crippen LogP contribution in [0.15, 0.2) is 42.7 Å². The number of amides is 2. The van der Waals surface area contributed by atoms with E-state index in [1.807, 2.05) is 29.2 Å². The smallest absolute Gasteiger partial charge is 0.227 e. The molecule has 0 radical (unpaired) electrons. The van der Waals surface area contributed by atoms with Crippen molar-refractivity contribution in [3.63, 3.8) is 0 Å². The van der Waals surface area contributed by atoms with Gasteiger partial charge >= 0.3 is 0 Å². The Balaban J connectivity index is 1.34. The van der Waals surface area contributed by atoms with Crippen LogP contribution in [0.25, 0.3) is 0 Å². The SMILES string of the molecule is COc1cccc(CN2CC(C(=O)N3CCN(c4ncccn4)CC3)CCC2=O)c1. The molecule has 1 unspecified atom stereocenters. The second-order valence-electron chi connectivity index (χ2n) is 7.72. The number of anilines is 1. The van der Waals surface area contributed by atoms with Gasteiger partial charge in [0.05, 0.1) is 13.0 Å². The molecule has 2 fully saturated rings. The van der Waals surface area contributed by atoms with Gasteiger partial charge in [0, 0.05) is 58.1 Å². The number of hydrogen-bond donors (Lipinski definition) is 0. The standard InChI is InChI=1S/C22H27N5O3/c1-30-19-5-2-4-17(14-19)15-27-16-18(6-7-20(27)28)21(29)25-10-12-26(13-11-25)22-23-8-3-9-24-22/h2-5,8-9,14,18H,6-7,10-13,15-16H2,1H3. The summed E-state index contributed by atoms with van der Waals surface area (Å²) in [6, 6.07) is 9.51. The number of carbonyl (C=O) groups excluding carboxylic acids is 2. The minimum absolute atomic E-state index is 0.105. The van der Waals surface area contributed by atoms with E-state index in [-0.39, 0.29) is 17.7 Å². The molecule has 3 heterocycles. The van der Waals surface area contributed by atoms with Gasteiger partial charge in [-0.3, -0.25) is 9.59 Å². The van der Waals surface area contributed by atoms with Crippen LogP contribution in [0.4, 0.5) is 5.95 Å². The molecule has 0 spiro atoms. The summed E-state index contributed by atoms with van der Waals surface area (Å²) in [7, 11) is 1.63. The van der Waals surface area contributed by atoms with Crippen molar-refractivity contribution in [2.75, 3.05) is 44.7 Å². The molecule has 8 heteroatoms. The van der Waals surface area contributed by atoms with Crippen LogP contribution in [0, 0.1) is 5.92 Å². The Kier molecular flexibility index (Phi) is 6.11. The van der Waals surface area contributed by atoms with Gasteiger partial charge in [0.1, 0.15) is 5.75 Å². The molecule has 2 aliphatic rings. The molecule has 2 aliphatic heterocycles. The first-order valence-corrected chi connectivity index (χ1v) is 10.4. The highest BCUT2D eigenvalue weighted by Gasteiger charge is 2.34. The molecule has 0 aliphatic carbocycles. The molecular weight excluding hydrogens is 382 g/mol. The van der Waals surface area contributed by atoms with E-state index in [2.05, 4.69) is 14.9 Å². The Bertz CT molecular complexity index is 883. The molecule has 30 heavy (non-hydrogen) atoms. The van der Waals surface area contributed by atoms with Gasteiger partial charge in [-0.05, 0) is 30.2 Å². The maximum absolute atomic E-state index is 13.1. The predicted molar refractivity (Wildman–Crippen MR) is 112 cm³/mol. The highest BCUT2D eigenvalue weighted by Crippen LogP contribution is 2.24. The second-order valence-corrected chi connectivity index (χ2v) is 7.72. The summed E-state index contributed by atoms with van der Waals surface area (Å²) in [4.78, 5) is 40.0. The Hall–Kier alpha value is -3.16. The van der Waals surface area contributed by atoms with Gasteiger partial charge in [-0.15, -0.1) is 0 Å². The van der Waals surface area contributed by atoms with Crippen molar-refractivity contribution >= 4 is 17.8 Å². The normalized spacial score (nSPS) is 19.7. The van der Waals surface area contributed by atoms with Crippen LogP contribution in [0.2, 0.25) is 0 Å². The number of methoxy groups -OCH3 is 1. The molecule has 1 atom stereocenters. The van der Waals surface area contributed by atoms with Crippen LogP contribution in [-0.2, 0) is 16.1 Å². The van der Waals surface area contributed by atoms with Crippen LogP contribution in [-0.4, -0.2) is 71.4 Å². The average molecular weight is 409 g/mol. The summed E-state index contributed by atoms with van der Waals surface area (Å²) in [5, 5.41) is 0. The predicted octanol–water partition coefficient (Wildman–Crippen LogP) is 1.57. The van der Waals surface area contributed by atoms with Crippen LogP contribution < -0.4 is 9.64 Å². The summed E-state index contributed by atoms with van der Waals surface area (Å²) in [6.07, 6.45) is 4.50. The van der Waals surface area contributed by atoms with Gasteiger partial charge in [0.2, 0.25) is 17.8 Å². The molecule has 0 saturated carbocycles. The van der Waals surface area contributed by atoms with E-state index in [1.165, 1.54) is 0 Å². The first kappa shape index (κ1) is 20.1. The number of rotatable bonds is 5. The van der Waals surface area contributed by atoms with Crippen molar-refractivity contribution in [3.05, 3.63) is 48.3 Å². The molecule has 2 amide bonds. The summed E-state index contributed by atoms with van der Waals surface area (Å²) < 4.78 is 5.27. The van der Waals surface area contributed by atoms with E-state index in [1.54, 1.807) is 30.5 Å². The van der Waals surface area contributed by atoms with E-state index in [0.717, 1.165) is 24.4 Å². The minimum Gasteiger partial charge on any atom is -0.497 e. The van der Waals surface area contributed by atoms with Gasteiger partial charge in [-0.2, -0.15) is 0 Å². The maximum atomic E-state index is 13.1. The van der Waals surface area contributed by atoms with Crippen molar-refractivity contribution in [1.82, 2.24) is 19.8 Å². The zero-order chi connectivity index (χ0) is 20.9. The van der Waals surface area contributed by atoms with Crippen molar-refractivity contribution in [2.24, 2.45) is 5.92 Å². The lowest BCUT2D eigenvalue weighted by atomic mass is 9.95. The van der Waals surface area contributed by atoms with Gasteiger partial charge in [0.25, 0.3) is 0 Å². The van der Waals surface area contributed by atoms with Crippen LogP contribution in [0.1, 0.15) is 18.4 Å². The molecule has 2 aromatic rings. The number of nitrogens with zero attached hydrogens (tertiary/aromatic N) is 5. The van der Waals surface area contributed by atoms with Gasteiger partial charge < -0.3 is 19.4 Å². The Morgan fingerprint density at radius 3 is 2.63 bits per heavy atom. The van der Waals surface area contributed by atoms with E-state index < -0.39 is 0 Å². The number of carbonyl (C=O) groups is 2. The minimum atomic E-state index is -0.146. The lowest BCUT2D eigenvalue weighted by Gasteiger charge is -2.39. The average Bonchev–Trinajstić information content (AvgIpc) is 2.81. The van der Waals surface area contributed by atoms with Crippen molar-refractivity contribution in [1.29, 1.82) is 0 Å². The molecule has 0 bridgehead atoms. The topological polar surface area (TPSA) is 78.9 Å². The molecule has 4 rings (SSSR count). The van der Waals surface area contributed by atoms with E-state index >= 15 is 0 Å². The number of benzene rings is 1. The molecule has 1 aromatic heterocycles. The van der Waals surface area contributed by atoms with Crippen LogP contribution >= 0.6 is 0 Å². The van der Waals surface area contributed by atoms with Gasteiger partial charge in [-0.25, -0.2) is 9.97 Å². The van der Waals surface area contributed by atoms with Gasteiger partial charge in [-0.1, -0.05) is 12.1 Å². The summed E-state index contributed by atoms with van der Waals surface area (Å²) in [5.41, 5.74) is 1.01. The number of likely N-dealkylation sites (tertiary alicyclic amines) is 1. The molecular formula is C22H27N5O3. The fourth-order valence-electron chi connectivity index (χ4n) is 4.10. The zero-order valence-corrected chi connectivity index (χ0v) is 17.2. The quantitative estimate of drug-likeness (QED) is 0.746. The number of piperidine rings is 1. The Labute approximate surface area is 176 Å². The summed E-state index contributed by atoms with van der Waals surface area (Å²) in [5.74, 6) is 1.58. The number of ether oxygens (including phenoxy) is 1. The third kappa shape index (κ3) is 4.53. The lowest BCUT2D eigenvalue weighted by molar-refractivity contribution is -0.143. The van der Waals surface area contributed by atoms with E-state index in [0.29, 0.717) is 45.0 Å². The third-order valence-corrected chi connectivity index (χ3v) is 5.78. The summed E-state index contributed by atoms with van der Waals surface area (Å²) in [6.45, 7) is 3.70. The highest BCUT2D eigenvalue weighted by atomic mass is 16.5. The van der Waals surface area contributed by atoms with E-state index in [9.17, 15) is 9.59 Å². The van der Waals surface area contributed by atoms with Crippen LogP contribution in [0.5, 0.6) is 5.75 Å². The van der Waals surface area contributed by atoms with Crippen molar-refractivity contribution < 1.29 is 14.3 Å². The third-order valence-electron chi connectivity index (χ3n) is 5.78. The second kappa shape index (κ2) is 9.11. The number of hydrogen-bond acceptors (Lipinski definition) is 6. The molecule has 158 valence electrons. The zero-order valence-electron chi connectivity index (χ0n) is 17.2. The Morgan fingerprint density at radius 2 is 1.90 bits per heavy atom. The van der Waals surface area contributed by atoms with Crippen LogP contribution in [0.3, 0.4) is 0 Å². The largest absolute Gasteiger partial charge is 0.497 e. The van der Waals surface area contributed by atoms with Crippen molar-refractivity contribution in [3.8, 4) is 5.75 Å². The first-order valence-electron chi connectivity index (χ1n) is 10.4. The van der Waals surface area contributed by atoms with Gasteiger partial charge in [0.15, 0.2) is 0 Å². The molecule has 0 N–H and O–H groups in total. The summed E-state index contributed by atoms with van der Waals surface area (Å²) >= 11 is 0. The fraction of sp³-hybridized carbons (Fsp3) is 0.455. The molecule has 2 saturated heterocycles. The molecule has 8 nitrogen and oxygen atoms in total.